The summed E-state index contributed by atoms with van der Waals surface area (Å²) in [6, 6.07) is 4.93. The van der Waals surface area contributed by atoms with E-state index < -0.39 is 15.8 Å². The van der Waals surface area contributed by atoms with Gasteiger partial charge in [-0.3, -0.25) is 0 Å². The number of hydrogen-bond donors (Lipinski definition) is 0. The molecule has 2 aromatic rings. The maximum Gasteiger partial charge on any atom is 0.243 e. The van der Waals surface area contributed by atoms with Crippen LogP contribution in [0.3, 0.4) is 0 Å². The van der Waals surface area contributed by atoms with E-state index in [2.05, 4.69) is 10.2 Å². The molecule has 2 heterocycles. The molecule has 1 aliphatic rings. The van der Waals surface area contributed by atoms with Crippen molar-refractivity contribution in [1.82, 2.24) is 19.1 Å². The number of aromatic nitrogens is 3. The Morgan fingerprint density at radius 3 is 2.64 bits per heavy atom. The Bertz CT molecular complexity index is 757. The molecule has 1 aromatic carbocycles. The van der Waals surface area contributed by atoms with E-state index in [-0.39, 0.29) is 10.8 Å². The summed E-state index contributed by atoms with van der Waals surface area (Å²) in [7, 11) is -1.76. The Morgan fingerprint density at radius 1 is 1.27 bits per heavy atom. The molecule has 0 unspecified atom stereocenters. The standard InChI is InChI=1S/C14H17FN4O2S/c1-18-10-16-17-14(18)11-3-2-8-19(9-11)22(20,21)13-6-4-12(15)5-7-13/h4-7,10-11H,2-3,8-9H2,1H3/t11-/m1/s1. The van der Waals surface area contributed by atoms with Gasteiger partial charge in [-0.1, -0.05) is 0 Å². The first-order valence-corrected chi connectivity index (χ1v) is 8.52. The number of benzene rings is 1. The highest BCUT2D eigenvalue weighted by Gasteiger charge is 2.32. The molecule has 1 fully saturated rings. The zero-order chi connectivity index (χ0) is 15.7. The second kappa shape index (κ2) is 5.77. The third-order valence-corrected chi connectivity index (χ3v) is 5.83. The van der Waals surface area contributed by atoms with Crippen molar-refractivity contribution < 1.29 is 12.8 Å². The van der Waals surface area contributed by atoms with Crippen molar-refractivity contribution in [3.63, 3.8) is 0 Å². The topological polar surface area (TPSA) is 68.1 Å². The van der Waals surface area contributed by atoms with E-state index in [9.17, 15) is 12.8 Å². The van der Waals surface area contributed by atoms with Gasteiger partial charge in [-0.05, 0) is 37.1 Å². The minimum Gasteiger partial charge on any atom is -0.320 e. The van der Waals surface area contributed by atoms with Gasteiger partial charge in [0.15, 0.2) is 0 Å². The first-order valence-electron chi connectivity index (χ1n) is 7.08. The highest BCUT2D eigenvalue weighted by atomic mass is 32.2. The molecule has 8 heteroatoms. The lowest BCUT2D eigenvalue weighted by molar-refractivity contribution is 0.306. The van der Waals surface area contributed by atoms with Crippen LogP contribution in [-0.2, 0) is 17.1 Å². The third kappa shape index (κ3) is 2.76. The van der Waals surface area contributed by atoms with Crippen LogP contribution in [0.15, 0.2) is 35.5 Å². The monoisotopic (exact) mass is 324 g/mol. The van der Waals surface area contributed by atoms with Crippen LogP contribution in [0.1, 0.15) is 24.6 Å². The Hall–Kier alpha value is -1.80. The van der Waals surface area contributed by atoms with Crippen LogP contribution in [-0.4, -0.2) is 40.6 Å². The first-order chi connectivity index (χ1) is 10.5. The fraction of sp³-hybridized carbons (Fsp3) is 0.429. The van der Waals surface area contributed by atoms with Crippen molar-refractivity contribution in [3.05, 3.63) is 42.2 Å². The summed E-state index contributed by atoms with van der Waals surface area (Å²) in [5.74, 6) is 0.366. The lowest BCUT2D eigenvalue weighted by Gasteiger charge is -2.31. The molecule has 118 valence electrons. The molecule has 6 nitrogen and oxygen atoms in total. The number of aryl methyl sites for hydroxylation is 1. The molecule has 0 spiro atoms. The van der Waals surface area contributed by atoms with Crippen molar-refractivity contribution in [2.75, 3.05) is 13.1 Å². The van der Waals surface area contributed by atoms with Gasteiger partial charge in [0.1, 0.15) is 18.0 Å². The van der Waals surface area contributed by atoms with Crippen LogP contribution < -0.4 is 0 Å². The summed E-state index contributed by atoms with van der Waals surface area (Å²) in [5.41, 5.74) is 0. The van der Waals surface area contributed by atoms with Gasteiger partial charge in [-0.25, -0.2) is 12.8 Å². The fourth-order valence-corrected chi connectivity index (χ4v) is 4.31. The average molecular weight is 324 g/mol. The van der Waals surface area contributed by atoms with Gasteiger partial charge in [0.25, 0.3) is 0 Å². The van der Waals surface area contributed by atoms with E-state index >= 15 is 0 Å². The quantitative estimate of drug-likeness (QED) is 0.858. The maximum atomic E-state index is 13.0. The Morgan fingerprint density at radius 2 is 2.00 bits per heavy atom. The van der Waals surface area contributed by atoms with Gasteiger partial charge in [-0.15, -0.1) is 10.2 Å². The summed E-state index contributed by atoms with van der Waals surface area (Å²) in [6.07, 6.45) is 3.25. The molecule has 1 aliphatic heterocycles. The van der Waals surface area contributed by atoms with Gasteiger partial charge in [0.05, 0.1) is 4.90 Å². The van der Waals surface area contributed by atoms with Crippen LogP contribution in [0.4, 0.5) is 4.39 Å². The van der Waals surface area contributed by atoms with Gasteiger partial charge in [0, 0.05) is 26.1 Å². The summed E-state index contributed by atoms with van der Waals surface area (Å²) < 4.78 is 41.6. The molecule has 1 aromatic heterocycles. The summed E-state index contributed by atoms with van der Waals surface area (Å²) in [5, 5.41) is 7.94. The normalized spacial score (nSPS) is 20.2. The van der Waals surface area contributed by atoms with E-state index in [0.717, 1.165) is 30.8 Å². The molecule has 0 bridgehead atoms. The second-order valence-electron chi connectivity index (χ2n) is 5.46. The zero-order valence-electron chi connectivity index (χ0n) is 12.2. The SMILES string of the molecule is Cn1cnnc1[C@@H]1CCCN(S(=O)(=O)c2ccc(F)cc2)C1. The summed E-state index contributed by atoms with van der Waals surface area (Å²) >= 11 is 0. The van der Waals surface area contributed by atoms with Crippen molar-refractivity contribution in [2.24, 2.45) is 7.05 Å². The highest BCUT2D eigenvalue weighted by molar-refractivity contribution is 7.89. The molecule has 0 radical (unpaired) electrons. The minimum absolute atomic E-state index is 0.0245. The smallest absolute Gasteiger partial charge is 0.243 e. The molecule has 3 rings (SSSR count). The molecule has 1 saturated heterocycles. The number of hydrogen-bond acceptors (Lipinski definition) is 4. The molecule has 0 saturated carbocycles. The molecule has 0 aliphatic carbocycles. The summed E-state index contributed by atoms with van der Waals surface area (Å²) in [6.45, 7) is 0.834. The average Bonchev–Trinajstić information content (AvgIpc) is 2.94. The van der Waals surface area contributed by atoms with Crippen LogP contribution in [0, 0.1) is 5.82 Å². The van der Waals surface area contributed by atoms with Gasteiger partial charge >= 0.3 is 0 Å². The largest absolute Gasteiger partial charge is 0.320 e. The van der Waals surface area contributed by atoms with Crippen LogP contribution in [0.5, 0.6) is 0 Å². The molecular weight excluding hydrogens is 307 g/mol. The van der Waals surface area contributed by atoms with E-state index in [1.165, 1.54) is 16.4 Å². The maximum absolute atomic E-state index is 13.0. The Balaban J connectivity index is 1.85. The number of nitrogens with zero attached hydrogens (tertiary/aromatic N) is 4. The number of sulfonamides is 1. The molecule has 1 atom stereocenters. The molecule has 22 heavy (non-hydrogen) atoms. The first kappa shape index (κ1) is 15.1. The fourth-order valence-electron chi connectivity index (χ4n) is 2.79. The number of halogens is 1. The zero-order valence-corrected chi connectivity index (χ0v) is 13.0. The van der Waals surface area contributed by atoms with Crippen molar-refractivity contribution in [3.8, 4) is 0 Å². The Labute approximate surface area is 128 Å². The summed E-state index contributed by atoms with van der Waals surface area (Å²) in [4.78, 5) is 0.118. The van der Waals surface area contributed by atoms with Crippen molar-refractivity contribution in [1.29, 1.82) is 0 Å². The number of piperidine rings is 1. The van der Waals surface area contributed by atoms with Crippen molar-refractivity contribution in [2.45, 2.75) is 23.7 Å². The van der Waals surface area contributed by atoms with E-state index in [1.54, 1.807) is 6.33 Å². The second-order valence-corrected chi connectivity index (χ2v) is 7.39. The van der Waals surface area contributed by atoms with Gasteiger partial charge in [0.2, 0.25) is 10.0 Å². The predicted molar refractivity (Wildman–Crippen MR) is 78.1 cm³/mol. The van der Waals surface area contributed by atoms with Crippen LogP contribution in [0.2, 0.25) is 0 Å². The van der Waals surface area contributed by atoms with E-state index in [4.69, 9.17) is 0 Å². The molecular formula is C14H17FN4O2S. The van der Waals surface area contributed by atoms with Crippen molar-refractivity contribution >= 4 is 10.0 Å². The predicted octanol–water partition coefficient (Wildman–Crippen LogP) is 1.52. The van der Waals surface area contributed by atoms with Crippen LogP contribution in [0.25, 0.3) is 0 Å². The lowest BCUT2D eigenvalue weighted by Crippen LogP contribution is -2.39. The van der Waals surface area contributed by atoms with E-state index in [0.29, 0.717) is 13.1 Å². The molecule has 0 amide bonds. The van der Waals surface area contributed by atoms with E-state index in [1.807, 2.05) is 11.6 Å². The van der Waals surface area contributed by atoms with Crippen LogP contribution >= 0.6 is 0 Å². The highest BCUT2D eigenvalue weighted by Crippen LogP contribution is 2.29. The number of rotatable bonds is 3. The third-order valence-electron chi connectivity index (χ3n) is 3.95. The Kier molecular flexibility index (Phi) is 3.96. The minimum atomic E-state index is -3.61. The van der Waals surface area contributed by atoms with Gasteiger partial charge < -0.3 is 4.57 Å². The molecule has 0 N–H and O–H groups in total. The van der Waals surface area contributed by atoms with Gasteiger partial charge in [-0.2, -0.15) is 4.31 Å². The lowest BCUT2D eigenvalue weighted by atomic mass is 9.99.